The van der Waals surface area contributed by atoms with Gasteiger partial charge in [-0.3, -0.25) is 14.4 Å². The summed E-state index contributed by atoms with van der Waals surface area (Å²) in [5.74, 6) is -4.18. The summed E-state index contributed by atoms with van der Waals surface area (Å²) in [6, 6.07) is 10.1. The monoisotopic (exact) mass is 416 g/mol. The molecule has 2 unspecified atom stereocenters. The van der Waals surface area contributed by atoms with Gasteiger partial charge in [-0.1, -0.05) is 35.9 Å². The first-order chi connectivity index (χ1) is 13.9. The maximum absolute atomic E-state index is 13.3. The highest BCUT2D eigenvalue weighted by molar-refractivity contribution is 6.31. The molecule has 0 saturated heterocycles. The van der Waals surface area contributed by atoms with Crippen molar-refractivity contribution >= 4 is 40.8 Å². The van der Waals surface area contributed by atoms with Gasteiger partial charge in [-0.15, -0.1) is 0 Å². The van der Waals surface area contributed by atoms with E-state index in [2.05, 4.69) is 10.6 Å². The van der Waals surface area contributed by atoms with E-state index in [0.717, 1.165) is 6.07 Å². The molecule has 0 radical (unpaired) electrons. The summed E-state index contributed by atoms with van der Waals surface area (Å²) in [7, 11) is 0. The average Bonchev–Trinajstić information content (AvgIpc) is 2.71. The van der Waals surface area contributed by atoms with Crippen LogP contribution in [0, 0.1) is 17.7 Å². The van der Waals surface area contributed by atoms with E-state index in [1.165, 1.54) is 18.2 Å². The summed E-state index contributed by atoms with van der Waals surface area (Å²) < 4.78 is 13.3. The van der Waals surface area contributed by atoms with E-state index >= 15 is 0 Å². The molecule has 1 aliphatic carbocycles. The number of hydrogen-bond acceptors (Lipinski definition) is 3. The van der Waals surface area contributed by atoms with Crippen LogP contribution in [-0.4, -0.2) is 22.9 Å². The molecule has 0 bridgehead atoms. The van der Waals surface area contributed by atoms with Crippen LogP contribution < -0.4 is 10.6 Å². The normalized spacial score (nSPS) is 18.1. The van der Waals surface area contributed by atoms with Crippen LogP contribution in [0.25, 0.3) is 0 Å². The van der Waals surface area contributed by atoms with Crippen LogP contribution in [0.5, 0.6) is 0 Å². The van der Waals surface area contributed by atoms with Crippen LogP contribution in [0.3, 0.4) is 0 Å². The molecule has 150 valence electrons. The van der Waals surface area contributed by atoms with Gasteiger partial charge in [0.05, 0.1) is 28.1 Å². The van der Waals surface area contributed by atoms with Crippen LogP contribution in [0.2, 0.25) is 5.02 Å². The number of anilines is 2. The number of rotatable bonds is 5. The smallest absolute Gasteiger partial charge is 0.307 e. The van der Waals surface area contributed by atoms with Gasteiger partial charge in [0.25, 0.3) is 5.91 Å². The third-order valence-electron chi connectivity index (χ3n) is 4.69. The van der Waals surface area contributed by atoms with Gasteiger partial charge >= 0.3 is 5.97 Å². The number of amides is 2. The Morgan fingerprint density at radius 2 is 1.69 bits per heavy atom. The molecule has 0 spiro atoms. The predicted molar refractivity (Wildman–Crippen MR) is 107 cm³/mol. The van der Waals surface area contributed by atoms with Crippen molar-refractivity contribution in [3.8, 4) is 0 Å². The molecule has 2 aromatic rings. The third-order valence-corrected chi connectivity index (χ3v) is 4.98. The Labute approximate surface area is 171 Å². The third kappa shape index (κ3) is 4.81. The molecule has 0 fully saturated rings. The minimum absolute atomic E-state index is 0.130. The van der Waals surface area contributed by atoms with E-state index in [4.69, 9.17) is 11.6 Å². The second-order valence-corrected chi connectivity index (χ2v) is 7.02. The van der Waals surface area contributed by atoms with Crippen molar-refractivity contribution in [2.45, 2.75) is 12.8 Å². The molecule has 6 nitrogen and oxygen atoms in total. The molecule has 1 aliphatic rings. The Kier molecular flexibility index (Phi) is 6.29. The molecule has 3 rings (SSSR count). The topological polar surface area (TPSA) is 95.5 Å². The van der Waals surface area contributed by atoms with Crippen molar-refractivity contribution in [3.63, 3.8) is 0 Å². The quantitative estimate of drug-likeness (QED) is 0.632. The van der Waals surface area contributed by atoms with Crippen molar-refractivity contribution in [1.82, 2.24) is 0 Å². The van der Waals surface area contributed by atoms with Gasteiger partial charge in [0.15, 0.2) is 0 Å². The highest BCUT2D eigenvalue weighted by atomic mass is 35.5. The number of carboxylic acids is 1. The van der Waals surface area contributed by atoms with Crippen LogP contribution in [0.15, 0.2) is 54.6 Å². The largest absolute Gasteiger partial charge is 0.481 e. The molecule has 8 heteroatoms. The molecule has 3 N–H and O–H groups in total. The van der Waals surface area contributed by atoms with Gasteiger partial charge in [-0.05, 0) is 43.2 Å². The maximum atomic E-state index is 13.3. The second-order valence-electron chi connectivity index (χ2n) is 6.61. The van der Waals surface area contributed by atoms with E-state index < -0.39 is 35.4 Å². The number of benzene rings is 2. The predicted octanol–water partition coefficient (Wildman–Crippen LogP) is 4.34. The second kappa shape index (κ2) is 8.87. The zero-order valence-electron chi connectivity index (χ0n) is 15.2. The molecular weight excluding hydrogens is 399 g/mol. The highest BCUT2D eigenvalue weighted by Gasteiger charge is 2.34. The van der Waals surface area contributed by atoms with Crippen molar-refractivity contribution in [1.29, 1.82) is 0 Å². The lowest BCUT2D eigenvalue weighted by molar-refractivity contribution is -0.146. The minimum Gasteiger partial charge on any atom is -0.481 e. The number of carboxylic acid groups (broad SMARTS) is 1. The number of carbonyl (C=O) groups is 3. The number of allylic oxidation sites excluding steroid dienone is 2. The number of nitrogens with one attached hydrogen (secondary N) is 2. The fourth-order valence-corrected chi connectivity index (χ4v) is 3.35. The lowest BCUT2D eigenvalue weighted by Gasteiger charge is -2.24. The first-order valence-corrected chi connectivity index (χ1v) is 9.28. The molecule has 2 amide bonds. The lowest BCUT2D eigenvalue weighted by atomic mass is 9.82. The van der Waals surface area contributed by atoms with Crippen LogP contribution in [0.1, 0.15) is 23.2 Å². The summed E-state index contributed by atoms with van der Waals surface area (Å²) in [6.07, 6.45) is 4.12. The molecule has 0 aliphatic heterocycles. The van der Waals surface area contributed by atoms with Crippen LogP contribution in [0.4, 0.5) is 15.8 Å². The summed E-state index contributed by atoms with van der Waals surface area (Å²) in [6.45, 7) is 0. The number of hydrogen-bond donors (Lipinski definition) is 3. The average molecular weight is 417 g/mol. The summed E-state index contributed by atoms with van der Waals surface area (Å²) >= 11 is 5.73. The zero-order valence-corrected chi connectivity index (χ0v) is 15.9. The van der Waals surface area contributed by atoms with Gasteiger partial charge in [-0.2, -0.15) is 0 Å². The fourth-order valence-electron chi connectivity index (χ4n) is 3.16. The Balaban J connectivity index is 1.78. The maximum Gasteiger partial charge on any atom is 0.307 e. The molecule has 2 atom stereocenters. The standard InChI is InChI=1S/C21H18ClFN2O4/c22-16-11-12(9-10-17(16)23)24-20(27)15-7-3-4-8-18(15)25-19(26)13-5-1-2-6-14(13)21(28)29/h1-4,7-11,13-14H,5-6H2,(H,24,27)(H,25,26)(H,28,29). The molecule has 2 aromatic carbocycles. The summed E-state index contributed by atoms with van der Waals surface area (Å²) in [5, 5.41) is 14.5. The SMILES string of the molecule is O=C(Nc1ccc(F)c(Cl)c1)c1ccccc1NC(=O)C1CC=CCC1C(=O)O. The van der Waals surface area contributed by atoms with E-state index in [9.17, 15) is 23.9 Å². The number of para-hydroxylation sites is 1. The zero-order chi connectivity index (χ0) is 21.0. The molecular formula is C21H18ClFN2O4. The van der Waals surface area contributed by atoms with E-state index in [1.54, 1.807) is 30.4 Å². The Bertz CT molecular complexity index is 992. The minimum atomic E-state index is -1.03. The van der Waals surface area contributed by atoms with Gasteiger partial charge in [0.2, 0.25) is 5.91 Å². The Morgan fingerprint density at radius 3 is 2.38 bits per heavy atom. The van der Waals surface area contributed by atoms with Gasteiger partial charge < -0.3 is 15.7 Å². The number of aliphatic carboxylic acids is 1. The number of carbonyl (C=O) groups excluding carboxylic acids is 2. The van der Waals surface area contributed by atoms with E-state index in [-0.39, 0.29) is 22.7 Å². The van der Waals surface area contributed by atoms with Gasteiger partial charge in [0, 0.05) is 5.69 Å². The Morgan fingerprint density at radius 1 is 1.00 bits per heavy atom. The summed E-state index contributed by atoms with van der Waals surface area (Å²) in [4.78, 5) is 36.8. The first-order valence-electron chi connectivity index (χ1n) is 8.91. The van der Waals surface area contributed by atoms with Crippen LogP contribution in [-0.2, 0) is 9.59 Å². The van der Waals surface area contributed by atoms with E-state index in [1.807, 2.05) is 0 Å². The number of halogens is 2. The Hall–Kier alpha value is -3.19. The van der Waals surface area contributed by atoms with Crippen molar-refractivity contribution in [3.05, 3.63) is 71.0 Å². The molecule has 0 aromatic heterocycles. The lowest BCUT2D eigenvalue weighted by Crippen LogP contribution is -2.35. The molecule has 0 heterocycles. The highest BCUT2D eigenvalue weighted by Crippen LogP contribution is 2.28. The fraction of sp³-hybridized carbons (Fsp3) is 0.190. The molecule has 0 saturated carbocycles. The first kappa shape index (κ1) is 20.5. The van der Waals surface area contributed by atoms with Crippen LogP contribution >= 0.6 is 11.6 Å². The molecule has 29 heavy (non-hydrogen) atoms. The van der Waals surface area contributed by atoms with E-state index in [0.29, 0.717) is 12.1 Å². The van der Waals surface area contributed by atoms with Crippen molar-refractivity contribution in [2.75, 3.05) is 10.6 Å². The van der Waals surface area contributed by atoms with Gasteiger partial charge in [0.1, 0.15) is 5.82 Å². The van der Waals surface area contributed by atoms with Crippen molar-refractivity contribution in [2.24, 2.45) is 11.8 Å². The van der Waals surface area contributed by atoms with Gasteiger partial charge in [-0.25, -0.2) is 4.39 Å². The summed E-state index contributed by atoms with van der Waals surface area (Å²) in [5.41, 5.74) is 0.729. The van der Waals surface area contributed by atoms with Crippen molar-refractivity contribution < 1.29 is 23.9 Å².